The maximum atomic E-state index is 6.32. The van der Waals surface area contributed by atoms with Crippen molar-refractivity contribution in [3.8, 4) is 0 Å². The average Bonchev–Trinajstić information content (AvgIpc) is 3.14. The lowest BCUT2D eigenvalue weighted by atomic mass is 9.81. The van der Waals surface area contributed by atoms with Gasteiger partial charge in [-0.25, -0.2) is 0 Å². The summed E-state index contributed by atoms with van der Waals surface area (Å²) in [5.41, 5.74) is 1.54. The van der Waals surface area contributed by atoms with Crippen LogP contribution in [0.4, 0.5) is 0 Å². The van der Waals surface area contributed by atoms with E-state index in [4.69, 9.17) is 11.6 Å². The highest BCUT2D eigenvalue weighted by Crippen LogP contribution is 2.32. The van der Waals surface area contributed by atoms with Gasteiger partial charge < -0.3 is 5.32 Å². The van der Waals surface area contributed by atoms with Gasteiger partial charge in [0.1, 0.15) is 0 Å². The molecule has 0 saturated heterocycles. The Morgan fingerprint density at radius 1 is 1.44 bits per heavy atom. The summed E-state index contributed by atoms with van der Waals surface area (Å²) in [7, 11) is 0. The topological polar surface area (TPSA) is 12.0 Å². The predicted octanol–water partition coefficient (Wildman–Crippen LogP) is 4.81. The van der Waals surface area contributed by atoms with E-state index in [1.165, 1.54) is 24.8 Å². The third kappa shape index (κ3) is 3.97. The molecule has 0 aliphatic heterocycles. The third-order valence-corrected chi connectivity index (χ3v) is 4.73. The minimum absolute atomic E-state index is 0.292. The Hall–Kier alpha value is -0.0500. The van der Waals surface area contributed by atoms with E-state index in [1.807, 2.05) is 6.07 Å². The van der Waals surface area contributed by atoms with Crippen molar-refractivity contribution in [2.24, 2.45) is 5.41 Å². The summed E-state index contributed by atoms with van der Waals surface area (Å²) in [6.45, 7) is 5.70. The molecular weight excluding hydrogens is 310 g/mol. The molecule has 1 fully saturated rings. The summed E-state index contributed by atoms with van der Waals surface area (Å²) >= 11 is 9.77. The maximum absolute atomic E-state index is 6.32. The van der Waals surface area contributed by atoms with Crippen molar-refractivity contribution in [3.05, 3.63) is 33.3 Å². The van der Waals surface area contributed by atoms with Gasteiger partial charge in [-0.2, -0.15) is 0 Å². The second-order valence-corrected chi connectivity index (χ2v) is 7.05. The standard InChI is InChI=1S/C15H21BrClN/c1-3-15(2,10-18-13-6-7-13)9-11-4-5-12(16)8-14(11)17/h4-5,8,13,18H,3,6-7,9-10H2,1-2H3. The van der Waals surface area contributed by atoms with E-state index in [9.17, 15) is 0 Å². The van der Waals surface area contributed by atoms with Gasteiger partial charge in [0.05, 0.1) is 0 Å². The number of hydrogen-bond acceptors (Lipinski definition) is 1. The zero-order valence-electron chi connectivity index (χ0n) is 11.1. The van der Waals surface area contributed by atoms with E-state index in [0.29, 0.717) is 5.41 Å². The fourth-order valence-electron chi connectivity index (χ4n) is 2.12. The molecule has 0 amide bonds. The first-order valence-electron chi connectivity index (χ1n) is 6.70. The molecule has 18 heavy (non-hydrogen) atoms. The zero-order chi connectivity index (χ0) is 13.2. The molecule has 1 aliphatic rings. The molecule has 1 aromatic rings. The minimum Gasteiger partial charge on any atom is -0.313 e. The van der Waals surface area contributed by atoms with E-state index >= 15 is 0 Å². The van der Waals surface area contributed by atoms with Crippen LogP contribution < -0.4 is 5.32 Å². The van der Waals surface area contributed by atoms with Gasteiger partial charge in [0.25, 0.3) is 0 Å². The lowest BCUT2D eigenvalue weighted by molar-refractivity contribution is 0.289. The quantitative estimate of drug-likeness (QED) is 0.789. The smallest absolute Gasteiger partial charge is 0.0449 e. The second kappa shape index (κ2) is 5.94. The molecule has 1 saturated carbocycles. The fraction of sp³-hybridized carbons (Fsp3) is 0.600. The number of rotatable bonds is 6. The lowest BCUT2D eigenvalue weighted by Crippen LogP contribution is -2.34. The van der Waals surface area contributed by atoms with Crippen LogP contribution in [0, 0.1) is 5.41 Å². The van der Waals surface area contributed by atoms with Crippen LogP contribution in [-0.4, -0.2) is 12.6 Å². The first-order valence-corrected chi connectivity index (χ1v) is 7.87. The first kappa shape index (κ1) is 14.4. The van der Waals surface area contributed by atoms with Crippen LogP contribution in [0.3, 0.4) is 0 Å². The monoisotopic (exact) mass is 329 g/mol. The summed E-state index contributed by atoms with van der Waals surface area (Å²) in [5, 5.41) is 4.52. The van der Waals surface area contributed by atoms with Gasteiger partial charge in [-0.3, -0.25) is 0 Å². The molecule has 1 atom stereocenters. The maximum Gasteiger partial charge on any atom is 0.0449 e. The first-order chi connectivity index (χ1) is 8.52. The predicted molar refractivity (Wildman–Crippen MR) is 82.3 cm³/mol. The zero-order valence-corrected chi connectivity index (χ0v) is 13.4. The summed E-state index contributed by atoms with van der Waals surface area (Å²) < 4.78 is 1.05. The lowest BCUT2D eigenvalue weighted by Gasteiger charge is -2.29. The second-order valence-electron chi connectivity index (χ2n) is 5.73. The number of nitrogens with one attached hydrogen (secondary N) is 1. The van der Waals surface area contributed by atoms with Gasteiger partial charge in [0, 0.05) is 22.1 Å². The Balaban J connectivity index is 2.02. The SMILES string of the molecule is CCC(C)(CNC1CC1)Cc1ccc(Br)cc1Cl. The van der Waals surface area contributed by atoms with Crippen LogP contribution >= 0.6 is 27.5 Å². The molecule has 0 aromatic heterocycles. The van der Waals surface area contributed by atoms with Crippen molar-refractivity contribution in [3.63, 3.8) is 0 Å². The molecule has 0 heterocycles. The van der Waals surface area contributed by atoms with Gasteiger partial charge in [-0.05, 0) is 48.8 Å². The molecule has 1 aromatic carbocycles. The van der Waals surface area contributed by atoms with Crippen LogP contribution in [0.1, 0.15) is 38.7 Å². The number of halogens is 2. The molecule has 0 radical (unpaired) electrons. The van der Waals surface area contributed by atoms with Gasteiger partial charge in [0.15, 0.2) is 0 Å². The van der Waals surface area contributed by atoms with Gasteiger partial charge in [0.2, 0.25) is 0 Å². The summed E-state index contributed by atoms with van der Waals surface area (Å²) in [6, 6.07) is 6.97. The molecule has 1 aliphatic carbocycles. The van der Waals surface area contributed by atoms with Crippen molar-refractivity contribution >= 4 is 27.5 Å². The van der Waals surface area contributed by atoms with Crippen LogP contribution in [0.15, 0.2) is 22.7 Å². The van der Waals surface area contributed by atoms with E-state index in [2.05, 4.69) is 47.2 Å². The Kier molecular flexibility index (Phi) is 4.74. The molecule has 100 valence electrons. The Morgan fingerprint density at radius 2 is 2.17 bits per heavy atom. The highest BCUT2D eigenvalue weighted by Gasteiger charge is 2.28. The summed E-state index contributed by atoms with van der Waals surface area (Å²) in [6.07, 6.45) is 4.89. The number of benzene rings is 1. The van der Waals surface area contributed by atoms with Gasteiger partial charge in [-0.1, -0.05) is 47.4 Å². The molecule has 1 N–H and O–H groups in total. The molecule has 3 heteroatoms. The Bertz CT molecular complexity index is 417. The van der Waals surface area contributed by atoms with Crippen molar-refractivity contribution < 1.29 is 0 Å². The largest absolute Gasteiger partial charge is 0.313 e. The average molecular weight is 331 g/mol. The molecule has 0 spiro atoms. The van der Waals surface area contributed by atoms with E-state index < -0.39 is 0 Å². The van der Waals surface area contributed by atoms with Gasteiger partial charge >= 0.3 is 0 Å². The molecule has 1 unspecified atom stereocenters. The van der Waals surface area contributed by atoms with Crippen molar-refractivity contribution in [2.75, 3.05) is 6.54 Å². The van der Waals surface area contributed by atoms with Crippen molar-refractivity contribution in [1.82, 2.24) is 5.32 Å². The van der Waals surface area contributed by atoms with Crippen LogP contribution in [0.2, 0.25) is 5.02 Å². The van der Waals surface area contributed by atoms with Crippen LogP contribution in [0.25, 0.3) is 0 Å². The molecule has 2 rings (SSSR count). The Morgan fingerprint density at radius 3 is 2.72 bits per heavy atom. The molecular formula is C15H21BrClN. The van der Waals surface area contributed by atoms with E-state index in [-0.39, 0.29) is 0 Å². The Labute approximate surface area is 123 Å². The summed E-state index contributed by atoms with van der Waals surface area (Å²) in [4.78, 5) is 0. The van der Waals surface area contributed by atoms with E-state index in [0.717, 1.165) is 28.5 Å². The highest BCUT2D eigenvalue weighted by molar-refractivity contribution is 9.10. The molecule has 1 nitrogen and oxygen atoms in total. The number of hydrogen-bond donors (Lipinski definition) is 1. The summed E-state index contributed by atoms with van der Waals surface area (Å²) in [5.74, 6) is 0. The van der Waals surface area contributed by atoms with Crippen LogP contribution in [0.5, 0.6) is 0 Å². The molecule has 0 bridgehead atoms. The van der Waals surface area contributed by atoms with Crippen molar-refractivity contribution in [2.45, 2.75) is 45.6 Å². The van der Waals surface area contributed by atoms with Gasteiger partial charge in [-0.15, -0.1) is 0 Å². The van der Waals surface area contributed by atoms with E-state index in [1.54, 1.807) is 0 Å². The normalized spacial score (nSPS) is 18.7. The van der Waals surface area contributed by atoms with Crippen molar-refractivity contribution in [1.29, 1.82) is 0 Å². The fourth-order valence-corrected chi connectivity index (χ4v) is 2.86. The third-order valence-electron chi connectivity index (χ3n) is 3.88. The minimum atomic E-state index is 0.292. The van der Waals surface area contributed by atoms with Crippen LogP contribution in [-0.2, 0) is 6.42 Å². The highest BCUT2D eigenvalue weighted by atomic mass is 79.9.